The number of rotatable bonds is 7. The Balaban J connectivity index is 1.21. The van der Waals surface area contributed by atoms with Gasteiger partial charge >= 0.3 is 0 Å². The molecule has 6 aromatic rings. The SMILES string of the molecule is Cc1cc(Nc2ncnc3cnc(NCc4cnn(C)c4C)nc23)ccc1Oc1ccc2c(c1)ncn2C. The van der Waals surface area contributed by atoms with Crippen LogP contribution < -0.4 is 15.4 Å². The lowest BCUT2D eigenvalue weighted by Crippen LogP contribution is -2.06. The number of aromatic nitrogens is 8. The van der Waals surface area contributed by atoms with Gasteiger partial charge < -0.3 is 19.9 Å². The smallest absolute Gasteiger partial charge is 0.223 e. The van der Waals surface area contributed by atoms with E-state index in [2.05, 4.69) is 40.7 Å². The van der Waals surface area contributed by atoms with Crippen molar-refractivity contribution >= 4 is 39.5 Å². The zero-order chi connectivity index (χ0) is 26.2. The Kier molecular flexibility index (Phi) is 5.79. The molecule has 0 spiro atoms. The Morgan fingerprint density at radius 2 is 1.82 bits per heavy atom. The van der Waals surface area contributed by atoms with Crippen LogP contribution in [0.15, 0.2) is 61.4 Å². The molecule has 0 radical (unpaired) electrons. The fraction of sp³-hybridized carbons (Fsp3) is 0.185. The second-order valence-corrected chi connectivity index (χ2v) is 9.10. The van der Waals surface area contributed by atoms with E-state index in [0.29, 0.717) is 29.3 Å². The Morgan fingerprint density at radius 3 is 2.63 bits per heavy atom. The molecule has 0 aliphatic rings. The van der Waals surface area contributed by atoms with Crippen LogP contribution in [0.5, 0.6) is 11.5 Å². The summed E-state index contributed by atoms with van der Waals surface area (Å²) < 4.78 is 9.97. The fourth-order valence-corrected chi connectivity index (χ4v) is 4.21. The first-order valence-electron chi connectivity index (χ1n) is 12.1. The Hall–Kier alpha value is -5.06. The molecule has 0 saturated heterocycles. The van der Waals surface area contributed by atoms with Crippen molar-refractivity contribution in [3.8, 4) is 11.5 Å². The van der Waals surface area contributed by atoms with Crippen LogP contribution in [0.1, 0.15) is 16.8 Å². The van der Waals surface area contributed by atoms with Crippen LogP contribution in [0.4, 0.5) is 17.5 Å². The third-order valence-electron chi connectivity index (χ3n) is 6.51. The quantitative estimate of drug-likeness (QED) is 0.314. The van der Waals surface area contributed by atoms with Crippen molar-refractivity contribution < 1.29 is 4.74 Å². The van der Waals surface area contributed by atoms with Gasteiger partial charge in [-0.05, 0) is 49.7 Å². The molecule has 4 heterocycles. The highest BCUT2D eigenvalue weighted by molar-refractivity contribution is 5.87. The van der Waals surface area contributed by atoms with Crippen LogP contribution in [-0.2, 0) is 20.6 Å². The predicted octanol–water partition coefficient (Wildman–Crippen LogP) is 4.80. The molecule has 0 aliphatic carbocycles. The topological polar surface area (TPSA) is 120 Å². The van der Waals surface area contributed by atoms with Crippen molar-refractivity contribution in [2.45, 2.75) is 20.4 Å². The average molecular weight is 507 g/mol. The molecule has 0 atom stereocenters. The largest absolute Gasteiger partial charge is 0.457 e. The summed E-state index contributed by atoms with van der Waals surface area (Å²) in [5.74, 6) is 2.58. The van der Waals surface area contributed by atoms with Crippen LogP contribution in [0, 0.1) is 13.8 Å². The normalized spacial score (nSPS) is 11.3. The van der Waals surface area contributed by atoms with Crippen LogP contribution in [-0.4, -0.2) is 39.3 Å². The van der Waals surface area contributed by atoms with E-state index in [0.717, 1.165) is 45.0 Å². The number of nitrogens with one attached hydrogen (secondary N) is 2. The molecule has 11 nitrogen and oxygen atoms in total. The van der Waals surface area contributed by atoms with E-state index in [1.807, 2.05) is 79.8 Å². The van der Waals surface area contributed by atoms with Gasteiger partial charge in [0.1, 0.15) is 28.9 Å². The second kappa shape index (κ2) is 9.43. The molecule has 6 rings (SSSR count). The minimum atomic E-state index is 0.489. The molecule has 2 aromatic carbocycles. The summed E-state index contributed by atoms with van der Waals surface area (Å²) in [7, 11) is 3.89. The first-order valence-corrected chi connectivity index (χ1v) is 12.1. The van der Waals surface area contributed by atoms with E-state index in [4.69, 9.17) is 4.74 Å². The van der Waals surface area contributed by atoms with E-state index >= 15 is 0 Å². The third kappa shape index (κ3) is 4.45. The van der Waals surface area contributed by atoms with Gasteiger partial charge in [-0.15, -0.1) is 0 Å². The molecular formula is C27H26N10O. The Labute approximate surface area is 218 Å². The van der Waals surface area contributed by atoms with Gasteiger partial charge in [-0.2, -0.15) is 5.10 Å². The van der Waals surface area contributed by atoms with Crippen molar-refractivity contribution in [2.24, 2.45) is 14.1 Å². The second-order valence-electron chi connectivity index (χ2n) is 9.10. The molecule has 0 aliphatic heterocycles. The van der Waals surface area contributed by atoms with Gasteiger partial charge in [-0.25, -0.2) is 24.9 Å². The number of imidazole rings is 1. The first kappa shape index (κ1) is 23.3. The summed E-state index contributed by atoms with van der Waals surface area (Å²) in [5, 5.41) is 10.9. The van der Waals surface area contributed by atoms with Gasteiger partial charge in [-0.1, -0.05) is 0 Å². The number of anilines is 3. The molecular weight excluding hydrogens is 480 g/mol. The van der Waals surface area contributed by atoms with Crippen molar-refractivity contribution in [1.29, 1.82) is 0 Å². The number of nitrogens with zero attached hydrogens (tertiary/aromatic N) is 8. The van der Waals surface area contributed by atoms with Gasteiger partial charge in [0.15, 0.2) is 5.82 Å². The number of fused-ring (bicyclic) bond motifs is 2. The number of hydrogen-bond donors (Lipinski definition) is 2. The molecule has 190 valence electrons. The highest BCUT2D eigenvalue weighted by atomic mass is 16.5. The van der Waals surface area contributed by atoms with Gasteiger partial charge in [0, 0.05) is 43.7 Å². The molecule has 0 bridgehead atoms. The van der Waals surface area contributed by atoms with Gasteiger partial charge in [-0.3, -0.25) is 4.68 Å². The molecule has 11 heteroatoms. The lowest BCUT2D eigenvalue weighted by atomic mass is 10.2. The summed E-state index contributed by atoms with van der Waals surface area (Å²) in [5.41, 5.74) is 7.21. The maximum absolute atomic E-state index is 6.15. The van der Waals surface area contributed by atoms with Crippen LogP contribution in [0.3, 0.4) is 0 Å². The number of ether oxygens (including phenoxy) is 1. The maximum atomic E-state index is 6.15. The number of benzene rings is 2. The summed E-state index contributed by atoms with van der Waals surface area (Å²) >= 11 is 0. The maximum Gasteiger partial charge on any atom is 0.223 e. The molecule has 0 unspecified atom stereocenters. The van der Waals surface area contributed by atoms with Crippen LogP contribution in [0.2, 0.25) is 0 Å². The molecule has 0 fully saturated rings. The number of aryl methyl sites for hydroxylation is 3. The van der Waals surface area contributed by atoms with Crippen molar-refractivity contribution in [3.05, 3.63) is 78.3 Å². The van der Waals surface area contributed by atoms with Gasteiger partial charge in [0.05, 0.1) is 29.8 Å². The summed E-state index contributed by atoms with van der Waals surface area (Å²) in [6, 6.07) is 11.8. The fourth-order valence-electron chi connectivity index (χ4n) is 4.21. The minimum absolute atomic E-state index is 0.489. The minimum Gasteiger partial charge on any atom is -0.457 e. The molecule has 38 heavy (non-hydrogen) atoms. The van der Waals surface area contributed by atoms with E-state index in [1.165, 1.54) is 6.33 Å². The molecule has 0 saturated carbocycles. The highest BCUT2D eigenvalue weighted by Gasteiger charge is 2.11. The lowest BCUT2D eigenvalue weighted by Gasteiger charge is -2.13. The summed E-state index contributed by atoms with van der Waals surface area (Å²) in [4.78, 5) is 22.2. The predicted molar refractivity (Wildman–Crippen MR) is 146 cm³/mol. The summed E-state index contributed by atoms with van der Waals surface area (Å²) in [6.45, 7) is 4.59. The standard InChI is InChI=1S/C27H26N10O/c1-16-9-19(5-8-24(16)38-20-6-7-23-21(10-20)32-15-36(23)3)34-26-25-22(30-14-31-26)13-29-27(35-25)28-11-18-12-33-37(4)17(18)2/h5-10,12-15H,11H2,1-4H3,(H,28,29,35)(H,30,31,34). The van der Waals surface area contributed by atoms with Crippen molar-refractivity contribution in [3.63, 3.8) is 0 Å². The van der Waals surface area contributed by atoms with Gasteiger partial charge in [0.25, 0.3) is 0 Å². The average Bonchev–Trinajstić information content (AvgIpc) is 3.45. The lowest BCUT2D eigenvalue weighted by molar-refractivity contribution is 0.479. The van der Waals surface area contributed by atoms with Gasteiger partial charge in [0.2, 0.25) is 5.95 Å². The monoisotopic (exact) mass is 506 g/mol. The first-order chi connectivity index (χ1) is 18.4. The van der Waals surface area contributed by atoms with E-state index in [1.54, 1.807) is 12.5 Å². The zero-order valence-electron chi connectivity index (χ0n) is 21.5. The molecule has 4 aromatic heterocycles. The van der Waals surface area contributed by atoms with E-state index in [9.17, 15) is 0 Å². The molecule has 2 N–H and O–H groups in total. The third-order valence-corrected chi connectivity index (χ3v) is 6.51. The Morgan fingerprint density at radius 1 is 0.921 bits per heavy atom. The van der Waals surface area contributed by atoms with E-state index < -0.39 is 0 Å². The van der Waals surface area contributed by atoms with Crippen LogP contribution >= 0.6 is 0 Å². The van der Waals surface area contributed by atoms with Crippen molar-refractivity contribution in [2.75, 3.05) is 10.6 Å². The highest BCUT2D eigenvalue weighted by Crippen LogP contribution is 2.30. The summed E-state index contributed by atoms with van der Waals surface area (Å²) in [6.07, 6.45) is 6.82. The zero-order valence-corrected chi connectivity index (χ0v) is 21.5. The van der Waals surface area contributed by atoms with Crippen molar-refractivity contribution in [1.82, 2.24) is 39.3 Å². The Bertz CT molecular complexity index is 1790. The number of hydrogen-bond acceptors (Lipinski definition) is 9. The van der Waals surface area contributed by atoms with E-state index in [-0.39, 0.29) is 0 Å². The molecule has 0 amide bonds. The van der Waals surface area contributed by atoms with Crippen LogP contribution in [0.25, 0.3) is 22.1 Å².